The predicted octanol–water partition coefficient (Wildman–Crippen LogP) is 2.87. The Bertz CT molecular complexity index is 570. The number of benzene rings is 1. The number of carbonyl (C=O) groups excluding carboxylic acids is 1. The van der Waals surface area contributed by atoms with Gasteiger partial charge in [-0.15, -0.1) is 0 Å². The molecule has 1 heterocycles. The van der Waals surface area contributed by atoms with Crippen molar-refractivity contribution in [1.82, 2.24) is 10.6 Å². The van der Waals surface area contributed by atoms with Crippen LogP contribution in [0.25, 0.3) is 0 Å². The number of nitrogens with one attached hydrogen (secondary N) is 2. The summed E-state index contributed by atoms with van der Waals surface area (Å²) in [6, 6.07) is 5.43. The van der Waals surface area contributed by atoms with Crippen molar-refractivity contribution < 1.29 is 22.7 Å². The molecule has 7 heteroatoms. The minimum atomic E-state index is -4.38. The normalized spacial score (nSPS) is 17.3. The van der Waals surface area contributed by atoms with Crippen LogP contribution in [0, 0.1) is 0 Å². The van der Waals surface area contributed by atoms with E-state index in [4.69, 9.17) is 4.74 Å². The molecule has 0 spiro atoms. The average molecular weight is 358 g/mol. The van der Waals surface area contributed by atoms with Gasteiger partial charge in [-0.2, -0.15) is 13.2 Å². The molecule has 1 fully saturated rings. The summed E-state index contributed by atoms with van der Waals surface area (Å²) in [5, 5.41) is 5.88. The summed E-state index contributed by atoms with van der Waals surface area (Å²) in [6.45, 7) is 2.04. The summed E-state index contributed by atoms with van der Waals surface area (Å²) in [7, 11) is 1.82. The standard InChI is InChI=1S/C18H25F3N2O2/c1-22-9-3-6-16(24)23-13-17(7-10-25-11-8-17)14-4-2-5-15(12-14)18(19,20)21/h2,4-5,12,22H,3,6-11,13H2,1H3,(H,23,24). The third-order valence-corrected chi connectivity index (χ3v) is 4.71. The number of rotatable bonds is 7. The summed E-state index contributed by atoms with van der Waals surface area (Å²) in [4.78, 5) is 12.0. The van der Waals surface area contributed by atoms with E-state index in [1.807, 2.05) is 7.05 Å². The van der Waals surface area contributed by atoms with E-state index in [9.17, 15) is 18.0 Å². The van der Waals surface area contributed by atoms with Crippen LogP contribution in [0.5, 0.6) is 0 Å². The average Bonchev–Trinajstić information content (AvgIpc) is 2.60. The van der Waals surface area contributed by atoms with Crippen molar-refractivity contribution in [3.63, 3.8) is 0 Å². The van der Waals surface area contributed by atoms with Crippen LogP contribution in [-0.2, 0) is 21.1 Å². The quantitative estimate of drug-likeness (QED) is 0.737. The number of carbonyl (C=O) groups is 1. The van der Waals surface area contributed by atoms with Crippen LogP contribution in [0.15, 0.2) is 24.3 Å². The first kappa shape index (κ1) is 19.7. The lowest BCUT2D eigenvalue weighted by molar-refractivity contribution is -0.137. The van der Waals surface area contributed by atoms with E-state index in [1.165, 1.54) is 12.1 Å². The molecule has 0 aromatic heterocycles. The topological polar surface area (TPSA) is 50.4 Å². The summed E-state index contributed by atoms with van der Waals surface area (Å²) in [5.41, 5.74) is -0.560. The first-order valence-electron chi connectivity index (χ1n) is 8.54. The molecule has 2 rings (SSSR count). The Hall–Kier alpha value is -1.60. The van der Waals surface area contributed by atoms with Gasteiger partial charge in [0.15, 0.2) is 0 Å². The maximum Gasteiger partial charge on any atom is 0.416 e. The molecule has 0 radical (unpaired) electrons. The number of hydrogen-bond donors (Lipinski definition) is 2. The van der Waals surface area contributed by atoms with E-state index in [0.29, 0.717) is 44.6 Å². The molecule has 140 valence electrons. The third kappa shape index (κ3) is 5.44. The first-order chi connectivity index (χ1) is 11.9. The Morgan fingerprint density at radius 3 is 2.64 bits per heavy atom. The fourth-order valence-corrected chi connectivity index (χ4v) is 3.14. The minimum absolute atomic E-state index is 0.0758. The maximum atomic E-state index is 13.0. The second-order valence-corrected chi connectivity index (χ2v) is 6.46. The Balaban J connectivity index is 2.14. The van der Waals surface area contributed by atoms with E-state index in [0.717, 1.165) is 19.0 Å². The number of amides is 1. The van der Waals surface area contributed by atoms with Gasteiger partial charge < -0.3 is 15.4 Å². The number of alkyl halides is 3. The molecule has 0 atom stereocenters. The molecule has 1 aromatic rings. The molecule has 1 aliphatic heterocycles. The van der Waals surface area contributed by atoms with Crippen LogP contribution >= 0.6 is 0 Å². The zero-order valence-electron chi connectivity index (χ0n) is 14.4. The molecule has 1 saturated heterocycles. The largest absolute Gasteiger partial charge is 0.416 e. The lowest BCUT2D eigenvalue weighted by atomic mass is 9.73. The predicted molar refractivity (Wildman–Crippen MR) is 89.3 cm³/mol. The van der Waals surface area contributed by atoms with E-state index in [2.05, 4.69) is 10.6 Å². The third-order valence-electron chi connectivity index (χ3n) is 4.71. The monoisotopic (exact) mass is 358 g/mol. The Morgan fingerprint density at radius 1 is 1.28 bits per heavy atom. The second-order valence-electron chi connectivity index (χ2n) is 6.46. The van der Waals surface area contributed by atoms with Gasteiger partial charge in [0.1, 0.15) is 0 Å². The SMILES string of the molecule is CNCCCC(=O)NCC1(c2cccc(C(F)(F)F)c2)CCOCC1. The van der Waals surface area contributed by atoms with Gasteiger partial charge >= 0.3 is 6.18 Å². The fraction of sp³-hybridized carbons (Fsp3) is 0.611. The molecule has 0 unspecified atom stereocenters. The molecule has 1 aromatic carbocycles. The van der Waals surface area contributed by atoms with E-state index >= 15 is 0 Å². The highest BCUT2D eigenvalue weighted by atomic mass is 19.4. The van der Waals surface area contributed by atoms with Crippen LogP contribution in [-0.4, -0.2) is 39.3 Å². The molecule has 0 saturated carbocycles. The van der Waals surface area contributed by atoms with Crippen LogP contribution in [0.4, 0.5) is 13.2 Å². The second kappa shape index (κ2) is 8.67. The molecule has 25 heavy (non-hydrogen) atoms. The van der Waals surface area contributed by atoms with Crippen molar-refractivity contribution in [2.75, 3.05) is 33.4 Å². The highest BCUT2D eigenvalue weighted by Crippen LogP contribution is 2.37. The zero-order valence-corrected chi connectivity index (χ0v) is 14.4. The zero-order chi connectivity index (χ0) is 18.3. The van der Waals surface area contributed by atoms with Crippen molar-refractivity contribution in [3.05, 3.63) is 35.4 Å². The van der Waals surface area contributed by atoms with Gasteiger partial charge in [0.05, 0.1) is 5.56 Å². The van der Waals surface area contributed by atoms with Crippen molar-refractivity contribution in [2.24, 2.45) is 0 Å². The fourth-order valence-electron chi connectivity index (χ4n) is 3.14. The lowest BCUT2D eigenvalue weighted by Crippen LogP contribution is -2.44. The molecule has 4 nitrogen and oxygen atoms in total. The van der Waals surface area contributed by atoms with Gasteiger partial charge in [0.25, 0.3) is 0 Å². The lowest BCUT2D eigenvalue weighted by Gasteiger charge is -2.38. The van der Waals surface area contributed by atoms with Crippen LogP contribution < -0.4 is 10.6 Å². The van der Waals surface area contributed by atoms with Gasteiger partial charge in [-0.1, -0.05) is 18.2 Å². The summed E-state index contributed by atoms with van der Waals surface area (Å²) < 4.78 is 44.5. The molecule has 1 amide bonds. The van der Waals surface area contributed by atoms with Gasteiger partial charge in [-0.05, 0) is 44.5 Å². The molecule has 1 aliphatic rings. The minimum Gasteiger partial charge on any atom is -0.381 e. The van der Waals surface area contributed by atoms with Crippen molar-refractivity contribution in [1.29, 1.82) is 0 Å². The van der Waals surface area contributed by atoms with Gasteiger partial charge in [0.2, 0.25) is 5.91 Å². The highest BCUT2D eigenvalue weighted by molar-refractivity contribution is 5.76. The van der Waals surface area contributed by atoms with E-state index in [1.54, 1.807) is 6.07 Å². The van der Waals surface area contributed by atoms with Gasteiger partial charge in [-0.3, -0.25) is 4.79 Å². The molecule has 0 aliphatic carbocycles. The molecular formula is C18H25F3N2O2. The van der Waals surface area contributed by atoms with Gasteiger partial charge in [-0.25, -0.2) is 0 Å². The van der Waals surface area contributed by atoms with E-state index < -0.39 is 17.2 Å². The summed E-state index contributed by atoms with van der Waals surface area (Å²) in [5.74, 6) is -0.0758. The molecular weight excluding hydrogens is 333 g/mol. The highest BCUT2D eigenvalue weighted by Gasteiger charge is 2.37. The number of hydrogen-bond acceptors (Lipinski definition) is 3. The van der Waals surface area contributed by atoms with Crippen molar-refractivity contribution in [2.45, 2.75) is 37.3 Å². The Labute approximate surface area is 146 Å². The summed E-state index contributed by atoms with van der Waals surface area (Å²) in [6.07, 6.45) is -2.08. The van der Waals surface area contributed by atoms with Gasteiger partial charge in [0, 0.05) is 31.6 Å². The van der Waals surface area contributed by atoms with Crippen molar-refractivity contribution >= 4 is 5.91 Å². The smallest absolute Gasteiger partial charge is 0.381 e. The Morgan fingerprint density at radius 2 is 2.00 bits per heavy atom. The van der Waals surface area contributed by atoms with E-state index in [-0.39, 0.29) is 5.91 Å². The molecule has 2 N–H and O–H groups in total. The van der Waals surface area contributed by atoms with Crippen molar-refractivity contribution in [3.8, 4) is 0 Å². The number of ether oxygens (including phenoxy) is 1. The first-order valence-corrected chi connectivity index (χ1v) is 8.54. The Kier molecular flexibility index (Phi) is 6.84. The molecule has 0 bridgehead atoms. The number of halogens is 3. The van der Waals surface area contributed by atoms with Crippen LogP contribution in [0.2, 0.25) is 0 Å². The summed E-state index contributed by atoms with van der Waals surface area (Å²) >= 11 is 0. The van der Waals surface area contributed by atoms with Crippen LogP contribution in [0.3, 0.4) is 0 Å². The maximum absolute atomic E-state index is 13.0. The van der Waals surface area contributed by atoms with Crippen LogP contribution in [0.1, 0.15) is 36.8 Å².